The minimum atomic E-state index is -0.0277. The number of nitrogens with zero attached hydrogens (tertiary/aromatic N) is 3. The smallest absolute Gasteiger partial charge is 0.272 e. The summed E-state index contributed by atoms with van der Waals surface area (Å²) in [5, 5.41) is 2.84. The van der Waals surface area contributed by atoms with Crippen LogP contribution in [-0.2, 0) is 0 Å². The molecule has 168 valence electrons. The van der Waals surface area contributed by atoms with Gasteiger partial charge in [-0.05, 0) is 36.4 Å². The molecule has 1 saturated heterocycles. The molecule has 0 bridgehead atoms. The first-order chi connectivity index (χ1) is 16.7. The molecular formula is C28H23ClN4O. The first-order valence-electron chi connectivity index (χ1n) is 11.4. The van der Waals surface area contributed by atoms with Gasteiger partial charge in [0, 0.05) is 58.7 Å². The summed E-state index contributed by atoms with van der Waals surface area (Å²) in [4.78, 5) is 26.2. The largest absolute Gasteiger partial charge is 0.368 e. The molecule has 0 radical (unpaired) electrons. The summed E-state index contributed by atoms with van der Waals surface area (Å²) in [5.41, 5.74) is 5.39. The molecule has 0 unspecified atom stereocenters. The maximum Gasteiger partial charge on any atom is 0.272 e. The van der Waals surface area contributed by atoms with Gasteiger partial charge in [-0.1, -0.05) is 60.1 Å². The zero-order chi connectivity index (χ0) is 23.1. The number of para-hydroxylation sites is 1. The minimum Gasteiger partial charge on any atom is -0.368 e. The average molecular weight is 467 g/mol. The number of piperazine rings is 1. The predicted octanol–water partition coefficient (Wildman–Crippen LogP) is 6.00. The molecule has 2 aromatic heterocycles. The minimum absolute atomic E-state index is 0.0277. The Hall–Kier alpha value is -3.83. The van der Waals surface area contributed by atoms with Gasteiger partial charge in [0.25, 0.3) is 5.91 Å². The summed E-state index contributed by atoms with van der Waals surface area (Å²) in [7, 11) is 0. The fraction of sp³-hybridized carbons (Fsp3) is 0.143. The van der Waals surface area contributed by atoms with Crippen molar-refractivity contribution < 1.29 is 4.79 Å². The van der Waals surface area contributed by atoms with Crippen LogP contribution in [0, 0.1) is 0 Å². The van der Waals surface area contributed by atoms with Crippen molar-refractivity contribution in [2.75, 3.05) is 31.1 Å². The number of halogens is 1. The van der Waals surface area contributed by atoms with Crippen molar-refractivity contribution in [1.82, 2.24) is 14.9 Å². The van der Waals surface area contributed by atoms with E-state index in [1.54, 1.807) is 0 Å². The van der Waals surface area contributed by atoms with Crippen LogP contribution in [0.5, 0.6) is 0 Å². The third kappa shape index (κ3) is 3.68. The summed E-state index contributed by atoms with van der Waals surface area (Å²) in [6, 6.07) is 28.0. The number of H-pyrrole nitrogens is 1. The normalized spacial score (nSPS) is 14.1. The molecule has 0 aliphatic carbocycles. The van der Waals surface area contributed by atoms with E-state index in [1.165, 1.54) is 0 Å². The molecule has 5 aromatic rings. The molecule has 1 N–H and O–H groups in total. The van der Waals surface area contributed by atoms with Crippen LogP contribution in [0.3, 0.4) is 0 Å². The molecule has 3 aromatic carbocycles. The Morgan fingerprint density at radius 2 is 1.53 bits per heavy atom. The van der Waals surface area contributed by atoms with E-state index in [0.29, 0.717) is 18.8 Å². The van der Waals surface area contributed by atoms with Crippen LogP contribution in [0.25, 0.3) is 33.1 Å². The van der Waals surface area contributed by atoms with Crippen molar-refractivity contribution in [3.8, 4) is 11.3 Å². The second-order valence-electron chi connectivity index (χ2n) is 8.57. The van der Waals surface area contributed by atoms with E-state index >= 15 is 0 Å². The molecule has 5 nitrogen and oxygen atoms in total. The van der Waals surface area contributed by atoms with E-state index in [9.17, 15) is 4.79 Å². The summed E-state index contributed by atoms with van der Waals surface area (Å²) in [6.07, 6.45) is 0. The topological polar surface area (TPSA) is 52.2 Å². The fourth-order valence-corrected chi connectivity index (χ4v) is 4.87. The molecule has 6 heteroatoms. The number of carbonyl (C=O) groups is 1. The first kappa shape index (κ1) is 20.8. The summed E-state index contributed by atoms with van der Waals surface area (Å²) in [6.45, 7) is 2.84. The molecule has 1 fully saturated rings. The number of fused-ring (bicyclic) bond motifs is 3. The van der Waals surface area contributed by atoms with Crippen LogP contribution in [0.4, 0.5) is 5.69 Å². The molecule has 1 amide bonds. The molecule has 0 atom stereocenters. The highest BCUT2D eigenvalue weighted by molar-refractivity contribution is 6.30. The molecule has 1 aliphatic rings. The van der Waals surface area contributed by atoms with Crippen LogP contribution in [-0.4, -0.2) is 47.0 Å². The van der Waals surface area contributed by atoms with Crippen molar-refractivity contribution in [3.63, 3.8) is 0 Å². The molecule has 0 saturated carbocycles. The van der Waals surface area contributed by atoms with E-state index in [2.05, 4.69) is 22.0 Å². The van der Waals surface area contributed by atoms with Crippen LogP contribution >= 0.6 is 11.6 Å². The SMILES string of the molecule is O=C(c1cc2c([nH]c3ccccc32)c(-c2ccccc2)n1)N1CCN(c2ccc(Cl)cc2)CC1. The molecule has 0 spiro atoms. The maximum absolute atomic E-state index is 13.6. The Labute approximate surface area is 202 Å². The van der Waals surface area contributed by atoms with Gasteiger partial charge < -0.3 is 14.8 Å². The van der Waals surface area contributed by atoms with Gasteiger partial charge >= 0.3 is 0 Å². The number of rotatable bonds is 3. The lowest BCUT2D eigenvalue weighted by atomic mass is 10.1. The zero-order valence-corrected chi connectivity index (χ0v) is 19.3. The van der Waals surface area contributed by atoms with Crippen molar-refractivity contribution in [1.29, 1.82) is 0 Å². The number of aromatic amines is 1. The van der Waals surface area contributed by atoms with Crippen molar-refractivity contribution in [2.24, 2.45) is 0 Å². The standard InChI is InChI=1S/C28H23ClN4O/c29-20-10-12-21(13-11-20)32-14-16-33(17-15-32)28(34)25-18-23-22-8-4-5-9-24(22)30-27(23)26(31-25)19-6-2-1-3-7-19/h1-13,18,30H,14-17H2. The Kier molecular flexibility index (Phi) is 5.19. The monoisotopic (exact) mass is 466 g/mol. The summed E-state index contributed by atoms with van der Waals surface area (Å²) >= 11 is 6.03. The quantitative estimate of drug-likeness (QED) is 0.355. The molecular weight excluding hydrogens is 444 g/mol. The number of amides is 1. The number of benzene rings is 3. The van der Waals surface area contributed by atoms with Crippen LogP contribution < -0.4 is 4.90 Å². The highest BCUT2D eigenvalue weighted by atomic mass is 35.5. The Balaban J connectivity index is 1.35. The third-order valence-corrected chi connectivity index (χ3v) is 6.77. The number of aromatic nitrogens is 2. The fourth-order valence-electron chi connectivity index (χ4n) is 4.74. The van der Waals surface area contributed by atoms with Gasteiger partial charge in [-0.3, -0.25) is 4.79 Å². The Morgan fingerprint density at radius 3 is 2.29 bits per heavy atom. The second-order valence-corrected chi connectivity index (χ2v) is 9.01. The number of pyridine rings is 1. The molecule has 3 heterocycles. The van der Waals surface area contributed by atoms with Crippen LogP contribution in [0.15, 0.2) is 84.9 Å². The van der Waals surface area contributed by atoms with Crippen LogP contribution in [0.2, 0.25) is 5.02 Å². The highest BCUT2D eigenvalue weighted by Gasteiger charge is 2.25. The van der Waals surface area contributed by atoms with Crippen molar-refractivity contribution >= 4 is 45.0 Å². The lowest BCUT2D eigenvalue weighted by Crippen LogP contribution is -2.49. The number of nitrogens with one attached hydrogen (secondary N) is 1. The van der Waals surface area contributed by atoms with E-state index in [-0.39, 0.29) is 5.91 Å². The van der Waals surface area contributed by atoms with E-state index < -0.39 is 0 Å². The predicted molar refractivity (Wildman–Crippen MR) is 139 cm³/mol. The molecule has 6 rings (SSSR count). The first-order valence-corrected chi connectivity index (χ1v) is 11.8. The third-order valence-electron chi connectivity index (χ3n) is 6.52. The van der Waals surface area contributed by atoms with E-state index in [4.69, 9.17) is 16.6 Å². The van der Waals surface area contributed by atoms with Gasteiger partial charge in [0.15, 0.2) is 0 Å². The lowest BCUT2D eigenvalue weighted by Gasteiger charge is -2.36. The number of anilines is 1. The molecule has 1 aliphatic heterocycles. The summed E-state index contributed by atoms with van der Waals surface area (Å²) < 4.78 is 0. The van der Waals surface area contributed by atoms with Gasteiger partial charge in [-0.2, -0.15) is 0 Å². The zero-order valence-electron chi connectivity index (χ0n) is 18.5. The molecule has 34 heavy (non-hydrogen) atoms. The van der Waals surface area contributed by atoms with Crippen LogP contribution in [0.1, 0.15) is 10.5 Å². The highest BCUT2D eigenvalue weighted by Crippen LogP contribution is 2.33. The van der Waals surface area contributed by atoms with Gasteiger partial charge in [-0.25, -0.2) is 4.98 Å². The second kappa shape index (κ2) is 8.50. The Bertz CT molecular complexity index is 1490. The van der Waals surface area contributed by atoms with Gasteiger partial charge in [0.05, 0.1) is 11.2 Å². The average Bonchev–Trinajstić information content (AvgIpc) is 3.27. The number of hydrogen-bond acceptors (Lipinski definition) is 3. The summed E-state index contributed by atoms with van der Waals surface area (Å²) in [5.74, 6) is -0.0277. The lowest BCUT2D eigenvalue weighted by molar-refractivity contribution is 0.0741. The van der Waals surface area contributed by atoms with Gasteiger partial charge in [0.2, 0.25) is 0 Å². The maximum atomic E-state index is 13.6. The van der Waals surface area contributed by atoms with Gasteiger partial charge in [0.1, 0.15) is 5.69 Å². The Morgan fingerprint density at radius 1 is 0.824 bits per heavy atom. The van der Waals surface area contributed by atoms with Crippen molar-refractivity contribution in [3.05, 3.63) is 95.6 Å². The van der Waals surface area contributed by atoms with Crippen molar-refractivity contribution in [2.45, 2.75) is 0 Å². The van der Waals surface area contributed by atoms with E-state index in [1.807, 2.05) is 77.7 Å². The van der Waals surface area contributed by atoms with E-state index in [0.717, 1.165) is 56.9 Å². The van der Waals surface area contributed by atoms with Gasteiger partial charge in [-0.15, -0.1) is 0 Å². The number of carbonyl (C=O) groups excluding carboxylic acids is 1. The number of hydrogen-bond donors (Lipinski definition) is 1.